The summed E-state index contributed by atoms with van der Waals surface area (Å²) in [6, 6.07) is 12.3. The van der Waals surface area contributed by atoms with Crippen LogP contribution in [0.2, 0.25) is 5.02 Å². The van der Waals surface area contributed by atoms with E-state index in [1.807, 2.05) is 16.7 Å². The molecule has 33 heavy (non-hydrogen) atoms. The Labute approximate surface area is 193 Å². The lowest BCUT2D eigenvalue weighted by atomic mass is 10.0. The second-order valence-corrected chi connectivity index (χ2v) is 8.44. The maximum Gasteiger partial charge on any atom is 0.331 e. The fourth-order valence-electron chi connectivity index (χ4n) is 4.60. The highest BCUT2D eigenvalue weighted by atomic mass is 35.5. The van der Waals surface area contributed by atoms with Gasteiger partial charge in [0.15, 0.2) is 11.5 Å². The number of rotatable bonds is 3. The number of aromatic nitrogens is 3. The molecule has 8 nitrogen and oxygen atoms in total. The van der Waals surface area contributed by atoms with Crippen LogP contribution in [0.5, 0.6) is 11.5 Å². The molecule has 0 spiro atoms. The lowest BCUT2D eigenvalue weighted by Gasteiger charge is -2.28. The normalized spacial score (nSPS) is 15.6. The molecule has 2 aromatic heterocycles. The Kier molecular flexibility index (Phi) is 5.07. The second kappa shape index (κ2) is 7.83. The summed E-state index contributed by atoms with van der Waals surface area (Å²) in [4.78, 5) is 26.3. The quantitative estimate of drug-likeness (QED) is 0.500. The fourth-order valence-corrected chi connectivity index (χ4v) is 4.72. The summed E-state index contributed by atoms with van der Waals surface area (Å²) >= 11 is 6.11. The molecule has 3 heterocycles. The second-order valence-electron chi connectivity index (χ2n) is 8.00. The monoisotopic (exact) mass is 467 g/mol. The molecule has 0 saturated heterocycles. The third-order valence-corrected chi connectivity index (χ3v) is 6.43. The number of benzene rings is 2. The summed E-state index contributed by atoms with van der Waals surface area (Å²) in [5, 5.41) is 11.1. The molecule has 0 radical (unpaired) electrons. The van der Waals surface area contributed by atoms with Crippen LogP contribution in [0.25, 0.3) is 22.2 Å². The van der Waals surface area contributed by atoms with E-state index in [2.05, 4.69) is 0 Å². The van der Waals surface area contributed by atoms with Gasteiger partial charge in [-0.05, 0) is 35.4 Å². The molecule has 9 heteroatoms. The zero-order valence-corrected chi connectivity index (χ0v) is 19.1. The van der Waals surface area contributed by atoms with Crippen LogP contribution in [0.4, 0.5) is 0 Å². The molecular formula is C24H22ClN3O5. The third-order valence-electron chi connectivity index (χ3n) is 6.18. The number of halogens is 1. The van der Waals surface area contributed by atoms with E-state index in [4.69, 9.17) is 21.1 Å². The number of ether oxygens (including phenoxy) is 2. The van der Waals surface area contributed by atoms with Crippen LogP contribution >= 0.6 is 11.6 Å². The molecule has 1 aliphatic heterocycles. The molecule has 1 atom stereocenters. The van der Waals surface area contributed by atoms with Crippen molar-refractivity contribution in [1.29, 1.82) is 0 Å². The number of phenols is 1. The molecular weight excluding hydrogens is 446 g/mol. The Morgan fingerprint density at radius 2 is 1.82 bits per heavy atom. The van der Waals surface area contributed by atoms with Gasteiger partial charge in [0.25, 0.3) is 5.56 Å². The summed E-state index contributed by atoms with van der Waals surface area (Å²) in [6.45, 7) is 0.904. The van der Waals surface area contributed by atoms with Crippen molar-refractivity contribution in [2.24, 2.45) is 14.1 Å². The first kappa shape index (κ1) is 21.4. The number of fused-ring (bicyclic) bond motifs is 3. The van der Waals surface area contributed by atoms with Gasteiger partial charge in [0, 0.05) is 25.7 Å². The highest BCUT2D eigenvalue weighted by Crippen LogP contribution is 2.42. The van der Waals surface area contributed by atoms with Gasteiger partial charge in [0.2, 0.25) is 0 Å². The molecule has 0 bridgehead atoms. The van der Waals surface area contributed by atoms with E-state index in [0.717, 1.165) is 15.7 Å². The van der Waals surface area contributed by atoms with Gasteiger partial charge in [-0.25, -0.2) is 4.79 Å². The maximum absolute atomic E-state index is 13.4. The molecule has 1 aliphatic rings. The number of hydrogen-bond acceptors (Lipinski definition) is 5. The van der Waals surface area contributed by atoms with E-state index in [9.17, 15) is 14.7 Å². The third kappa shape index (κ3) is 3.17. The Morgan fingerprint density at radius 3 is 2.52 bits per heavy atom. The van der Waals surface area contributed by atoms with Crippen molar-refractivity contribution in [3.63, 3.8) is 0 Å². The predicted octanol–water partition coefficient (Wildman–Crippen LogP) is 3.19. The van der Waals surface area contributed by atoms with Gasteiger partial charge in [-0.2, -0.15) is 0 Å². The van der Waals surface area contributed by atoms with Crippen molar-refractivity contribution in [3.8, 4) is 22.8 Å². The first-order chi connectivity index (χ1) is 15.8. The summed E-state index contributed by atoms with van der Waals surface area (Å²) in [5.41, 5.74) is 2.69. The molecule has 0 amide bonds. The first-order valence-corrected chi connectivity index (χ1v) is 10.8. The fraction of sp³-hybridized carbons (Fsp3) is 0.250. The van der Waals surface area contributed by atoms with E-state index in [-0.39, 0.29) is 11.3 Å². The van der Waals surface area contributed by atoms with Crippen molar-refractivity contribution >= 4 is 22.5 Å². The van der Waals surface area contributed by atoms with Crippen molar-refractivity contribution in [2.75, 3.05) is 13.7 Å². The molecule has 0 saturated carbocycles. The average molecular weight is 468 g/mol. The molecule has 170 valence electrons. The zero-order chi connectivity index (χ0) is 23.4. The zero-order valence-electron chi connectivity index (χ0n) is 18.3. The summed E-state index contributed by atoms with van der Waals surface area (Å²) < 4.78 is 16.1. The molecule has 2 aromatic carbocycles. The minimum atomic E-state index is -0.575. The topological polar surface area (TPSA) is 87.6 Å². The van der Waals surface area contributed by atoms with Crippen molar-refractivity contribution < 1.29 is 14.6 Å². The SMILES string of the molecule is COc1cc(C2OCCn3c(-c4ccc(Cl)cc4)c4c(=O)n(C)c(=O)n(C)c4c32)ccc1O. The number of nitrogens with zero attached hydrogens (tertiary/aromatic N) is 3. The number of methoxy groups -OCH3 is 1. The Morgan fingerprint density at radius 1 is 1.09 bits per heavy atom. The number of phenolic OH excluding ortho intramolecular Hbond substituents is 1. The highest BCUT2D eigenvalue weighted by molar-refractivity contribution is 6.30. The van der Waals surface area contributed by atoms with Gasteiger partial charge in [-0.3, -0.25) is 13.9 Å². The van der Waals surface area contributed by atoms with Crippen LogP contribution in [-0.4, -0.2) is 32.5 Å². The number of hydrogen-bond donors (Lipinski definition) is 1. The smallest absolute Gasteiger partial charge is 0.331 e. The lowest BCUT2D eigenvalue weighted by Crippen LogP contribution is -2.37. The molecule has 5 rings (SSSR count). The average Bonchev–Trinajstić information content (AvgIpc) is 3.18. The van der Waals surface area contributed by atoms with Crippen LogP contribution in [0.15, 0.2) is 52.1 Å². The Hall–Kier alpha value is -3.49. The van der Waals surface area contributed by atoms with E-state index < -0.39 is 11.8 Å². The Bertz CT molecular complexity index is 1510. The predicted molar refractivity (Wildman–Crippen MR) is 125 cm³/mol. The van der Waals surface area contributed by atoms with Crippen LogP contribution in [0, 0.1) is 0 Å². The summed E-state index contributed by atoms with van der Waals surface area (Å²) in [6.07, 6.45) is -0.575. The van der Waals surface area contributed by atoms with Gasteiger partial charge in [-0.15, -0.1) is 0 Å². The van der Waals surface area contributed by atoms with Crippen LogP contribution in [-0.2, 0) is 25.4 Å². The minimum Gasteiger partial charge on any atom is -0.504 e. The Balaban J connectivity index is 1.91. The van der Waals surface area contributed by atoms with E-state index in [0.29, 0.717) is 46.2 Å². The van der Waals surface area contributed by atoms with E-state index >= 15 is 0 Å². The largest absolute Gasteiger partial charge is 0.504 e. The number of aryl methyl sites for hydroxylation is 1. The van der Waals surface area contributed by atoms with E-state index in [1.54, 1.807) is 37.4 Å². The lowest BCUT2D eigenvalue weighted by molar-refractivity contribution is 0.0477. The van der Waals surface area contributed by atoms with Gasteiger partial charge < -0.3 is 19.1 Å². The summed E-state index contributed by atoms with van der Waals surface area (Å²) in [5.74, 6) is 0.326. The van der Waals surface area contributed by atoms with Crippen LogP contribution in [0.3, 0.4) is 0 Å². The maximum atomic E-state index is 13.4. The van der Waals surface area contributed by atoms with Gasteiger partial charge >= 0.3 is 5.69 Å². The van der Waals surface area contributed by atoms with Crippen molar-refractivity contribution in [2.45, 2.75) is 12.6 Å². The van der Waals surface area contributed by atoms with Gasteiger partial charge in [-0.1, -0.05) is 29.8 Å². The molecule has 0 aliphatic carbocycles. The standard InChI is InChI=1S/C24H22ClN3O5/c1-26-20-18(23(30)27(2)24(26)31)19(13-4-7-15(25)8-5-13)28-10-11-33-22(21(20)28)14-6-9-16(29)17(12-14)32-3/h4-9,12,22,29H,10-11H2,1-3H3. The minimum absolute atomic E-state index is 0.0143. The molecule has 4 aromatic rings. The van der Waals surface area contributed by atoms with Crippen LogP contribution < -0.4 is 16.0 Å². The van der Waals surface area contributed by atoms with Crippen LogP contribution in [0.1, 0.15) is 17.4 Å². The number of aromatic hydroxyl groups is 1. The molecule has 1 unspecified atom stereocenters. The van der Waals surface area contributed by atoms with Gasteiger partial charge in [0.05, 0.1) is 36.0 Å². The van der Waals surface area contributed by atoms with Crippen molar-refractivity contribution in [1.82, 2.24) is 13.7 Å². The van der Waals surface area contributed by atoms with Crippen molar-refractivity contribution in [3.05, 3.63) is 79.6 Å². The van der Waals surface area contributed by atoms with Gasteiger partial charge in [0.1, 0.15) is 6.10 Å². The van der Waals surface area contributed by atoms with E-state index in [1.165, 1.54) is 18.7 Å². The summed E-state index contributed by atoms with van der Waals surface area (Å²) in [7, 11) is 4.61. The first-order valence-electron chi connectivity index (χ1n) is 10.4. The molecule has 1 N–H and O–H groups in total. The molecule has 0 fully saturated rings. The highest BCUT2D eigenvalue weighted by Gasteiger charge is 2.33.